The van der Waals surface area contributed by atoms with Crippen LogP contribution in [-0.4, -0.2) is 18.1 Å². The molecule has 4 nitrogen and oxygen atoms in total. The summed E-state index contributed by atoms with van der Waals surface area (Å²) < 4.78 is 0. The van der Waals surface area contributed by atoms with Gasteiger partial charge in [0.05, 0.1) is 22.1 Å². The van der Waals surface area contributed by atoms with Crippen LogP contribution in [-0.2, 0) is 4.79 Å². The van der Waals surface area contributed by atoms with Crippen molar-refractivity contribution in [2.75, 3.05) is 16.8 Å². The number of amides is 1. The van der Waals surface area contributed by atoms with Gasteiger partial charge in [0.25, 0.3) is 5.91 Å². The smallest absolute Gasteiger partial charge is 0.274 e. The molecule has 0 unspecified atom stereocenters. The lowest BCUT2D eigenvalue weighted by Gasteiger charge is -2.17. The molecule has 0 bridgehead atoms. The summed E-state index contributed by atoms with van der Waals surface area (Å²) in [6.45, 7) is 2.01. The molecule has 0 saturated carbocycles. The Morgan fingerprint density at radius 2 is 1.69 bits per heavy atom. The number of benzene rings is 3. The standard InChI is InChI=1S/C24H17Cl2N3OS2/c1-14-5-3-8-18(11-14)29-22(30)21(32-24(29)27-17-7-4-6-15(25)12-17)23-28(2)19-13-16(26)9-10-20(19)31-23/h3-13H,1-2H3. The molecule has 0 N–H and O–H groups in total. The lowest BCUT2D eigenvalue weighted by molar-refractivity contribution is -0.113. The van der Waals surface area contributed by atoms with Crippen LogP contribution < -0.4 is 9.80 Å². The van der Waals surface area contributed by atoms with Crippen LogP contribution in [0.1, 0.15) is 5.56 Å². The van der Waals surface area contributed by atoms with Crippen LogP contribution in [0.15, 0.2) is 86.6 Å². The van der Waals surface area contributed by atoms with E-state index < -0.39 is 0 Å². The molecule has 0 radical (unpaired) electrons. The Hall–Kier alpha value is -2.38. The number of rotatable bonds is 2. The number of hydrogen-bond acceptors (Lipinski definition) is 5. The second-order valence-electron chi connectivity index (χ2n) is 7.36. The molecule has 1 fully saturated rings. The number of aryl methyl sites for hydroxylation is 1. The van der Waals surface area contributed by atoms with Crippen molar-refractivity contribution in [3.05, 3.63) is 92.3 Å². The summed E-state index contributed by atoms with van der Waals surface area (Å²) in [5.74, 6) is -0.102. The van der Waals surface area contributed by atoms with Crippen molar-refractivity contribution in [2.24, 2.45) is 4.99 Å². The molecule has 5 rings (SSSR count). The fraction of sp³-hybridized carbons (Fsp3) is 0.0833. The Morgan fingerprint density at radius 1 is 0.906 bits per heavy atom. The summed E-state index contributed by atoms with van der Waals surface area (Å²) in [6, 6.07) is 20.9. The number of aliphatic imine (C=N–C) groups is 1. The van der Waals surface area contributed by atoms with Gasteiger partial charge in [0.1, 0.15) is 4.91 Å². The van der Waals surface area contributed by atoms with E-state index >= 15 is 0 Å². The minimum absolute atomic E-state index is 0.102. The van der Waals surface area contributed by atoms with E-state index in [2.05, 4.69) is 0 Å². The molecule has 0 atom stereocenters. The fourth-order valence-electron chi connectivity index (χ4n) is 3.55. The highest BCUT2D eigenvalue weighted by molar-refractivity contribution is 8.20. The number of carbonyl (C=O) groups excluding carboxylic acids is 1. The molecule has 2 aliphatic heterocycles. The molecular weight excluding hydrogens is 481 g/mol. The summed E-state index contributed by atoms with van der Waals surface area (Å²) in [5, 5.41) is 2.72. The normalized spacial score (nSPS) is 19.2. The molecule has 32 heavy (non-hydrogen) atoms. The summed E-state index contributed by atoms with van der Waals surface area (Å²) in [5.41, 5.74) is 3.53. The lowest BCUT2D eigenvalue weighted by Crippen LogP contribution is -2.29. The molecule has 3 aromatic carbocycles. The number of fused-ring (bicyclic) bond motifs is 1. The summed E-state index contributed by atoms with van der Waals surface area (Å²) in [6.07, 6.45) is 0. The molecule has 1 amide bonds. The molecule has 2 heterocycles. The van der Waals surface area contributed by atoms with Crippen LogP contribution in [0.5, 0.6) is 0 Å². The average Bonchev–Trinajstić information content (AvgIpc) is 3.24. The zero-order valence-corrected chi connectivity index (χ0v) is 20.3. The third-order valence-electron chi connectivity index (χ3n) is 5.06. The highest BCUT2D eigenvalue weighted by atomic mass is 35.5. The van der Waals surface area contributed by atoms with E-state index in [1.165, 1.54) is 11.8 Å². The van der Waals surface area contributed by atoms with Crippen LogP contribution in [0.25, 0.3) is 0 Å². The highest BCUT2D eigenvalue weighted by Gasteiger charge is 2.40. The van der Waals surface area contributed by atoms with Crippen LogP contribution in [0, 0.1) is 6.92 Å². The van der Waals surface area contributed by atoms with E-state index in [-0.39, 0.29) is 5.91 Å². The molecule has 0 spiro atoms. The SMILES string of the molecule is Cc1cccc(N2C(=O)C(=C3Sc4ccc(Cl)cc4N3C)SC2=Nc2cccc(Cl)c2)c1. The second kappa shape index (κ2) is 8.52. The van der Waals surface area contributed by atoms with Gasteiger partial charge in [-0.15, -0.1) is 0 Å². The van der Waals surface area contributed by atoms with Crippen molar-refractivity contribution in [2.45, 2.75) is 11.8 Å². The van der Waals surface area contributed by atoms with Gasteiger partial charge in [0, 0.05) is 22.0 Å². The fourth-order valence-corrected chi connectivity index (χ4v) is 6.22. The van der Waals surface area contributed by atoms with Crippen molar-refractivity contribution in [3.63, 3.8) is 0 Å². The Balaban J connectivity index is 1.62. The Morgan fingerprint density at radius 3 is 2.47 bits per heavy atom. The largest absolute Gasteiger partial charge is 0.337 e. The molecule has 3 aromatic rings. The van der Waals surface area contributed by atoms with E-state index in [4.69, 9.17) is 28.2 Å². The predicted octanol–water partition coefficient (Wildman–Crippen LogP) is 7.48. The first kappa shape index (κ1) is 21.5. The van der Waals surface area contributed by atoms with Gasteiger partial charge < -0.3 is 4.90 Å². The van der Waals surface area contributed by atoms with E-state index in [1.54, 1.807) is 28.8 Å². The Labute approximate surface area is 204 Å². The number of hydrogen-bond donors (Lipinski definition) is 0. The molecule has 160 valence electrons. The first-order chi connectivity index (χ1) is 15.4. The van der Waals surface area contributed by atoms with Gasteiger partial charge in [0.15, 0.2) is 5.17 Å². The van der Waals surface area contributed by atoms with Crippen LogP contribution in [0.3, 0.4) is 0 Å². The quantitative estimate of drug-likeness (QED) is 0.343. The molecular formula is C24H17Cl2N3OS2. The number of carbonyl (C=O) groups is 1. The van der Waals surface area contributed by atoms with Gasteiger partial charge in [0.2, 0.25) is 0 Å². The van der Waals surface area contributed by atoms with E-state index in [9.17, 15) is 4.79 Å². The minimum Gasteiger partial charge on any atom is -0.337 e. The number of halogens is 2. The average molecular weight is 498 g/mol. The Bertz CT molecular complexity index is 1320. The van der Waals surface area contributed by atoms with Crippen LogP contribution in [0.2, 0.25) is 10.0 Å². The lowest BCUT2D eigenvalue weighted by atomic mass is 10.2. The maximum absolute atomic E-state index is 13.7. The number of anilines is 2. The van der Waals surface area contributed by atoms with Crippen LogP contribution >= 0.6 is 46.7 Å². The predicted molar refractivity (Wildman–Crippen MR) is 138 cm³/mol. The molecule has 1 saturated heterocycles. The van der Waals surface area contributed by atoms with Crippen molar-refractivity contribution in [3.8, 4) is 0 Å². The van der Waals surface area contributed by atoms with Gasteiger partial charge in [-0.2, -0.15) is 0 Å². The van der Waals surface area contributed by atoms with Crippen LogP contribution in [0.4, 0.5) is 17.1 Å². The summed E-state index contributed by atoms with van der Waals surface area (Å²) in [4.78, 5) is 23.9. The van der Waals surface area contributed by atoms with E-state index in [1.807, 2.05) is 73.5 Å². The summed E-state index contributed by atoms with van der Waals surface area (Å²) >= 11 is 15.3. The zero-order valence-electron chi connectivity index (χ0n) is 17.2. The number of nitrogens with zero attached hydrogens (tertiary/aromatic N) is 3. The number of thioether (sulfide) groups is 2. The third-order valence-corrected chi connectivity index (χ3v) is 7.93. The highest BCUT2D eigenvalue weighted by Crippen LogP contribution is 2.51. The zero-order chi connectivity index (χ0) is 22.4. The summed E-state index contributed by atoms with van der Waals surface area (Å²) in [7, 11) is 1.95. The van der Waals surface area contributed by atoms with Gasteiger partial charge in [-0.3, -0.25) is 9.69 Å². The molecule has 0 aromatic heterocycles. The topological polar surface area (TPSA) is 35.9 Å². The first-order valence-electron chi connectivity index (χ1n) is 9.79. The first-order valence-corrected chi connectivity index (χ1v) is 12.2. The van der Waals surface area contributed by atoms with Crippen molar-refractivity contribution in [1.29, 1.82) is 0 Å². The van der Waals surface area contributed by atoms with E-state index in [0.717, 1.165) is 26.9 Å². The van der Waals surface area contributed by atoms with Crippen molar-refractivity contribution >= 4 is 74.9 Å². The maximum Gasteiger partial charge on any atom is 0.274 e. The Kier molecular flexibility index (Phi) is 5.72. The number of amidine groups is 1. The molecule has 2 aliphatic rings. The molecule has 0 aliphatic carbocycles. The third kappa shape index (κ3) is 3.92. The van der Waals surface area contributed by atoms with E-state index in [0.29, 0.717) is 25.8 Å². The van der Waals surface area contributed by atoms with Crippen molar-refractivity contribution in [1.82, 2.24) is 0 Å². The molecule has 8 heteroatoms. The van der Waals surface area contributed by atoms with Gasteiger partial charge >= 0.3 is 0 Å². The van der Waals surface area contributed by atoms with Gasteiger partial charge in [-0.05, 0) is 72.8 Å². The second-order valence-corrected chi connectivity index (χ2v) is 10.2. The maximum atomic E-state index is 13.7. The van der Waals surface area contributed by atoms with Gasteiger partial charge in [-0.25, -0.2) is 4.99 Å². The van der Waals surface area contributed by atoms with Crippen molar-refractivity contribution < 1.29 is 4.79 Å². The minimum atomic E-state index is -0.102. The van der Waals surface area contributed by atoms with Gasteiger partial charge in [-0.1, -0.05) is 53.2 Å². The monoisotopic (exact) mass is 497 g/mol.